The van der Waals surface area contributed by atoms with Crippen molar-refractivity contribution in [1.82, 2.24) is 4.98 Å². The van der Waals surface area contributed by atoms with Crippen LogP contribution in [0.25, 0.3) is 10.2 Å². The van der Waals surface area contributed by atoms with Crippen molar-refractivity contribution in [1.29, 1.82) is 0 Å². The van der Waals surface area contributed by atoms with Crippen LogP contribution in [0.3, 0.4) is 0 Å². The Labute approximate surface area is 101 Å². The van der Waals surface area contributed by atoms with E-state index in [1.807, 2.05) is 0 Å². The number of amides is 1. The van der Waals surface area contributed by atoms with E-state index in [1.165, 1.54) is 29.5 Å². The number of fused-ring (bicyclic) bond motifs is 1. The predicted octanol–water partition coefficient (Wildman–Crippen LogP) is 3.17. The SMILES string of the molecule is C=CCOC(=O)Nc1nc2ccc(F)cc2s1. The number of halogens is 1. The van der Waals surface area contributed by atoms with Gasteiger partial charge in [-0.15, -0.1) is 0 Å². The number of hydrogen-bond donors (Lipinski definition) is 1. The summed E-state index contributed by atoms with van der Waals surface area (Å²) in [5.74, 6) is -0.332. The zero-order valence-electron chi connectivity index (χ0n) is 8.77. The van der Waals surface area contributed by atoms with Gasteiger partial charge in [0.2, 0.25) is 0 Å². The molecular formula is C11H9FN2O2S. The van der Waals surface area contributed by atoms with Gasteiger partial charge in [0, 0.05) is 0 Å². The molecule has 6 heteroatoms. The lowest BCUT2D eigenvalue weighted by atomic mass is 10.3. The highest BCUT2D eigenvalue weighted by Gasteiger charge is 2.08. The Balaban J connectivity index is 2.14. The maximum absolute atomic E-state index is 12.9. The van der Waals surface area contributed by atoms with Gasteiger partial charge in [0.25, 0.3) is 0 Å². The third-order valence-electron chi connectivity index (χ3n) is 1.89. The Morgan fingerprint density at radius 3 is 3.24 bits per heavy atom. The third kappa shape index (κ3) is 2.79. The molecule has 1 aromatic carbocycles. The number of nitrogens with one attached hydrogen (secondary N) is 1. The molecule has 2 aromatic rings. The lowest BCUT2D eigenvalue weighted by Crippen LogP contribution is -2.13. The van der Waals surface area contributed by atoms with Crippen molar-refractivity contribution in [3.8, 4) is 0 Å². The zero-order chi connectivity index (χ0) is 12.3. The van der Waals surface area contributed by atoms with E-state index in [0.29, 0.717) is 15.3 Å². The van der Waals surface area contributed by atoms with Crippen LogP contribution in [0.2, 0.25) is 0 Å². The number of ether oxygens (including phenoxy) is 1. The van der Waals surface area contributed by atoms with E-state index in [-0.39, 0.29) is 12.4 Å². The fraction of sp³-hybridized carbons (Fsp3) is 0.0909. The number of thiazole rings is 1. The van der Waals surface area contributed by atoms with E-state index in [9.17, 15) is 9.18 Å². The van der Waals surface area contributed by atoms with Crippen LogP contribution in [0, 0.1) is 5.82 Å². The molecule has 1 amide bonds. The first kappa shape index (κ1) is 11.5. The molecule has 0 spiro atoms. The van der Waals surface area contributed by atoms with E-state index in [4.69, 9.17) is 4.74 Å². The molecule has 0 unspecified atom stereocenters. The molecule has 0 aliphatic rings. The van der Waals surface area contributed by atoms with Crippen molar-refractivity contribution >= 4 is 32.8 Å². The summed E-state index contributed by atoms with van der Waals surface area (Å²) in [6, 6.07) is 4.25. The van der Waals surface area contributed by atoms with Gasteiger partial charge >= 0.3 is 6.09 Å². The summed E-state index contributed by atoms with van der Waals surface area (Å²) in [6.45, 7) is 3.55. The van der Waals surface area contributed by atoms with Crippen molar-refractivity contribution in [3.05, 3.63) is 36.7 Å². The largest absolute Gasteiger partial charge is 0.445 e. The third-order valence-corrected chi connectivity index (χ3v) is 2.83. The number of carbonyl (C=O) groups is 1. The Morgan fingerprint density at radius 2 is 2.47 bits per heavy atom. The van der Waals surface area contributed by atoms with Crippen molar-refractivity contribution in [2.45, 2.75) is 0 Å². The average molecular weight is 252 g/mol. The van der Waals surface area contributed by atoms with Gasteiger partial charge < -0.3 is 4.74 Å². The Hall–Kier alpha value is -1.95. The van der Waals surface area contributed by atoms with Crippen LogP contribution in [0.4, 0.5) is 14.3 Å². The maximum atomic E-state index is 12.9. The highest BCUT2D eigenvalue weighted by Crippen LogP contribution is 2.26. The van der Waals surface area contributed by atoms with Crippen LogP contribution in [-0.2, 0) is 4.74 Å². The normalized spacial score (nSPS) is 10.2. The molecule has 0 saturated carbocycles. The number of nitrogens with zero attached hydrogens (tertiary/aromatic N) is 1. The van der Waals surface area contributed by atoms with E-state index in [1.54, 1.807) is 6.07 Å². The number of anilines is 1. The highest BCUT2D eigenvalue weighted by molar-refractivity contribution is 7.22. The van der Waals surface area contributed by atoms with E-state index in [2.05, 4.69) is 16.9 Å². The first-order valence-electron chi connectivity index (χ1n) is 4.80. The fourth-order valence-corrected chi connectivity index (χ4v) is 2.09. The molecule has 88 valence electrons. The van der Waals surface area contributed by atoms with Gasteiger partial charge in [-0.2, -0.15) is 0 Å². The van der Waals surface area contributed by atoms with Crippen LogP contribution in [0.15, 0.2) is 30.9 Å². The Kier molecular flexibility index (Phi) is 3.34. The molecular weight excluding hydrogens is 243 g/mol. The molecule has 1 heterocycles. The fourth-order valence-electron chi connectivity index (χ4n) is 1.21. The van der Waals surface area contributed by atoms with Gasteiger partial charge in [-0.1, -0.05) is 24.0 Å². The van der Waals surface area contributed by atoms with Crippen molar-refractivity contribution in [3.63, 3.8) is 0 Å². The summed E-state index contributed by atoms with van der Waals surface area (Å²) in [5.41, 5.74) is 0.635. The molecule has 0 radical (unpaired) electrons. The predicted molar refractivity (Wildman–Crippen MR) is 64.7 cm³/mol. The van der Waals surface area contributed by atoms with Crippen LogP contribution < -0.4 is 5.32 Å². The van der Waals surface area contributed by atoms with Gasteiger partial charge in [0.15, 0.2) is 5.13 Å². The Bertz CT molecular complexity index is 568. The van der Waals surface area contributed by atoms with E-state index >= 15 is 0 Å². The first-order chi connectivity index (χ1) is 8.19. The van der Waals surface area contributed by atoms with Crippen LogP contribution >= 0.6 is 11.3 Å². The topological polar surface area (TPSA) is 51.2 Å². The monoisotopic (exact) mass is 252 g/mol. The highest BCUT2D eigenvalue weighted by atomic mass is 32.1. The lowest BCUT2D eigenvalue weighted by Gasteiger charge is -2.00. The molecule has 17 heavy (non-hydrogen) atoms. The molecule has 0 aliphatic heterocycles. The van der Waals surface area contributed by atoms with Gasteiger partial charge in [0.1, 0.15) is 12.4 Å². The molecule has 0 saturated heterocycles. The zero-order valence-corrected chi connectivity index (χ0v) is 9.59. The van der Waals surface area contributed by atoms with Gasteiger partial charge in [-0.05, 0) is 18.2 Å². The molecule has 1 aromatic heterocycles. The van der Waals surface area contributed by atoms with E-state index < -0.39 is 6.09 Å². The first-order valence-corrected chi connectivity index (χ1v) is 5.61. The standard InChI is InChI=1S/C11H9FN2O2S/c1-2-5-16-11(15)14-10-13-8-4-3-7(12)6-9(8)17-10/h2-4,6H,1,5H2,(H,13,14,15). The molecule has 1 N–H and O–H groups in total. The van der Waals surface area contributed by atoms with Gasteiger partial charge in [-0.25, -0.2) is 14.2 Å². The van der Waals surface area contributed by atoms with Gasteiger partial charge in [0.05, 0.1) is 10.2 Å². The quantitative estimate of drug-likeness (QED) is 0.853. The second-order valence-corrected chi connectivity index (χ2v) is 4.17. The van der Waals surface area contributed by atoms with Crippen LogP contribution in [-0.4, -0.2) is 17.7 Å². The molecule has 4 nitrogen and oxygen atoms in total. The number of aromatic nitrogens is 1. The molecule has 2 rings (SSSR count). The molecule has 0 aliphatic carbocycles. The summed E-state index contributed by atoms with van der Waals surface area (Å²) in [6.07, 6.45) is 0.859. The summed E-state index contributed by atoms with van der Waals surface area (Å²) in [7, 11) is 0. The minimum Gasteiger partial charge on any atom is -0.445 e. The molecule has 0 fully saturated rings. The minimum atomic E-state index is -0.607. The average Bonchev–Trinajstić information content (AvgIpc) is 2.67. The van der Waals surface area contributed by atoms with Crippen molar-refractivity contribution in [2.24, 2.45) is 0 Å². The number of hydrogen-bond acceptors (Lipinski definition) is 4. The minimum absolute atomic E-state index is 0.130. The van der Waals surface area contributed by atoms with Gasteiger partial charge in [-0.3, -0.25) is 5.32 Å². The smallest absolute Gasteiger partial charge is 0.413 e. The second kappa shape index (κ2) is 4.92. The van der Waals surface area contributed by atoms with Crippen LogP contribution in [0.5, 0.6) is 0 Å². The number of benzene rings is 1. The lowest BCUT2D eigenvalue weighted by molar-refractivity contribution is 0.174. The summed E-state index contributed by atoms with van der Waals surface area (Å²) in [5, 5.41) is 2.84. The van der Waals surface area contributed by atoms with Crippen LogP contribution in [0.1, 0.15) is 0 Å². The summed E-state index contributed by atoms with van der Waals surface area (Å²) < 4.78 is 18.3. The molecule has 0 atom stereocenters. The Morgan fingerprint density at radius 1 is 1.65 bits per heavy atom. The summed E-state index contributed by atoms with van der Waals surface area (Å²) >= 11 is 1.18. The number of rotatable bonds is 3. The van der Waals surface area contributed by atoms with Crippen molar-refractivity contribution in [2.75, 3.05) is 11.9 Å². The molecule has 0 bridgehead atoms. The maximum Gasteiger partial charge on any atom is 0.413 e. The van der Waals surface area contributed by atoms with E-state index in [0.717, 1.165) is 0 Å². The van der Waals surface area contributed by atoms with Crippen molar-refractivity contribution < 1.29 is 13.9 Å². The summed E-state index contributed by atoms with van der Waals surface area (Å²) in [4.78, 5) is 15.3. The number of carbonyl (C=O) groups excluding carboxylic acids is 1. The second-order valence-electron chi connectivity index (χ2n) is 3.14.